The lowest BCUT2D eigenvalue weighted by atomic mass is 9.97. The van der Waals surface area contributed by atoms with Crippen molar-refractivity contribution in [2.75, 3.05) is 0 Å². The molecule has 0 saturated heterocycles. The van der Waals surface area contributed by atoms with Crippen LogP contribution < -0.4 is 0 Å². The van der Waals surface area contributed by atoms with Crippen LogP contribution in [-0.4, -0.2) is 5.11 Å². The molecule has 1 N–H and O–H groups in total. The molecule has 0 fully saturated rings. The first-order valence-electron chi connectivity index (χ1n) is 6.69. The average molecular weight is 294 g/mol. The number of benzene rings is 2. The van der Waals surface area contributed by atoms with Gasteiger partial charge in [0.05, 0.1) is 11.7 Å². The molecule has 0 amide bonds. The number of hydrogen-bond acceptors (Lipinski definition) is 1. The molecule has 112 valence electrons. The first kappa shape index (κ1) is 15.6. The predicted molar refractivity (Wildman–Crippen MR) is 76.0 cm³/mol. The molecule has 1 nitrogen and oxygen atoms in total. The molecule has 0 spiro atoms. The summed E-state index contributed by atoms with van der Waals surface area (Å²) in [5.41, 5.74) is 3.00. The highest BCUT2D eigenvalue weighted by molar-refractivity contribution is 5.32. The van der Waals surface area contributed by atoms with Gasteiger partial charge in [-0.05, 0) is 48.2 Å². The maximum Gasteiger partial charge on any atom is 0.416 e. The van der Waals surface area contributed by atoms with Gasteiger partial charge in [-0.15, -0.1) is 0 Å². The Bertz CT molecular complexity index is 615. The monoisotopic (exact) mass is 294 g/mol. The Labute approximate surface area is 122 Å². The molecule has 1 atom stereocenters. The Kier molecular flexibility index (Phi) is 4.37. The minimum Gasteiger partial charge on any atom is -0.388 e. The van der Waals surface area contributed by atoms with Gasteiger partial charge in [0.2, 0.25) is 0 Å². The first-order valence-corrected chi connectivity index (χ1v) is 6.69. The van der Waals surface area contributed by atoms with E-state index < -0.39 is 17.8 Å². The molecule has 0 aromatic heterocycles. The van der Waals surface area contributed by atoms with Crippen LogP contribution in [0.4, 0.5) is 13.2 Å². The number of aliphatic hydroxyl groups excluding tert-OH is 1. The summed E-state index contributed by atoms with van der Waals surface area (Å²) in [6.07, 6.45) is -4.76. The number of alkyl halides is 3. The molecule has 0 saturated carbocycles. The highest BCUT2D eigenvalue weighted by atomic mass is 19.4. The van der Waals surface area contributed by atoms with Crippen molar-refractivity contribution in [1.82, 2.24) is 0 Å². The maximum atomic E-state index is 12.5. The van der Waals surface area contributed by atoms with Crippen LogP contribution in [0.5, 0.6) is 0 Å². The van der Waals surface area contributed by atoms with Crippen LogP contribution in [0.3, 0.4) is 0 Å². The van der Waals surface area contributed by atoms with E-state index in [2.05, 4.69) is 0 Å². The lowest BCUT2D eigenvalue weighted by Gasteiger charge is -2.14. The zero-order chi connectivity index (χ0) is 15.6. The van der Waals surface area contributed by atoms with Gasteiger partial charge in [-0.25, -0.2) is 0 Å². The predicted octanol–water partition coefficient (Wildman–Crippen LogP) is 4.60. The first-order chi connectivity index (χ1) is 9.77. The van der Waals surface area contributed by atoms with Crippen molar-refractivity contribution in [3.05, 3.63) is 70.3 Å². The fourth-order valence-electron chi connectivity index (χ4n) is 2.14. The van der Waals surface area contributed by atoms with E-state index in [4.69, 9.17) is 0 Å². The van der Waals surface area contributed by atoms with E-state index in [1.54, 1.807) is 0 Å². The minimum atomic E-state index is -4.33. The summed E-state index contributed by atoms with van der Waals surface area (Å²) in [6.45, 7) is 3.95. The maximum absolute atomic E-state index is 12.5. The van der Waals surface area contributed by atoms with Gasteiger partial charge in [0.25, 0.3) is 0 Å². The number of halogens is 3. The average Bonchev–Trinajstić information content (AvgIpc) is 2.41. The smallest absolute Gasteiger partial charge is 0.388 e. The van der Waals surface area contributed by atoms with Gasteiger partial charge in [-0.2, -0.15) is 13.2 Å². The van der Waals surface area contributed by atoms with Crippen LogP contribution in [0.2, 0.25) is 0 Å². The van der Waals surface area contributed by atoms with Crippen molar-refractivity contribution in [3.63, 3.8) is 0 Å². The Morgan fingerprint density at radius 3 is 2.10 bits per heavy atom. The van der Waals surface area contributed by atoms with Gasteiger partial charge in [-0.1, -0.05) is 30.3 Å². The van der Waals surface area contributed by atoms with Gasteiger partial charge in [0.15, 0.2) is 0 Å². The van der Waals surface area contributed by atoms with E-state index in [0.717, 1.165) is 28.8 Å². The standard InChI is InChI=1S/C17H17F3O/c1-11-3-6-14(9-12(11)2)16(21)10-13-4-7-15(8-5-13)17(18,19)20/h3-9,16,21H,10H2,1-2H3. The van der Waals surface area contributed by atoms with Crippen molar-refractivity contribution in [2.45, 2.75) is 32.5 Å². The van der Waals surface area contributed by atoms with Gasteiger partial charge in [0, 0.05) is 6.42 Å². The van der Waals surface area contributed by atoms with E-state index in [-0.39, 0.29) is 0 Å². The number of hydrogen-bond donors (Lipinski definition) is 1. The largest absolute Gasteiger partial charge is 0.416 e. The van der Waals surface area contributed by atoms with E-state index >= 15 is 0 Å². The zero-order valence-electron chi connectivity index (χ0n) is 11.9. The number of rotatable bonds is 3. The summed E-state index contributed by atoms with van der Waals surface area (Å²) in [6, 6.07) is 10.6. The summed E-state index contributed by atoms with van der Waals surface area (Å²) in [5, 5.41) is 10.2. The molecule has 2 aromatic rings. The van der Waals surface area contributed by atoms with E-state index in [0.29, 0.717) is 12.0 Å². The van der Waals surface area contributed by atoms with E-state index in [1.807, 2.05) is 32.0 Å². The zero-order valence-corrected chi connectivity index (χ0v) is 11.9. The Morgan fingerprint density at radius 2 is 1.57 bits per heavy atom. The molecule has 0 bridgehead atoms. The van der Waals surface area contributed by atoms with Gasteiger partial charge >= 0.3 is 6.18 Å². The van der Waals surface area contributed by atoms with Crippen molar-refractivity contribution in [2.24, 2.45) is 0 Å². The molecule has 0 heterocycles. The van der Waals surface area contributed by atoms with E-state index in [1.165, 1.54) is 12.1 Å². The SMILES string of the molecule is Cc1ccc(C(O)Cc2ccc(C(F)(F)F)cc2)cc1C. The molecular formula is C17H17F3O. The van der Waals surface area contributed by atoms with Crippen LogP contribution in [0.1, 0.15) is 33.9 Å². The quantitative estimate of drug-likeness (QED) is 0.877. The Morgan fingerprint density at radius 1 is 0.952 bits per heavy atom. The molecule has 2 rings (SSSR count). The third kappa shape index (κ3) is 3.85. The van der Waals surface area contributed by atoms with Gasteiger partial charge < -0.3 is 5.11 Å². The lowest BCUT2D eigenvalue weighted by Crippen LogP contribution is -2.06. The third-order valence-electron chi connectivity index (χ3n) is 3.63. The Hall–Kier alpha value is -1.81. The topological polar surface area (TPSA) is 20.2 Å². The normalized spacial score (nSPS) is 13.2. The van der Waals surface area contributed by atoms with Crippen molar-refractivity contribution >= 4 is 0 Å². The summed E-state index contributed by atoms with van der Waals surface area (Å²) in [4.78, 5) is 0. The summed E-state index contributed by atoms with van der Waals surface area (Å²) in [5.74, 6) is 0. The molecule has 21 heavy (non-hydrogen) atoms. The number of aryl methyl sites for hydroxylation is 2. The highest BCUT2D eigenvalue weighted by Gasteiger charge is 2.29. The van der Waals surface area contributed by atoms with Crippen LogP contribution >= 0.6 is 0 Å². The summed E-state index contributed by atoms with van der Waals surface area (Å²) in [7, 11) is 0. The molecular weight excluding hydrogens is 277 g/mol. The molecule has 4 heteroatoms. The van der Waals surface area contributed by atoms with Crippen LogP contribution in [0, 0.1) is 13.8 Å². The second kappa shape index (κ2) is 5.90. The second-order valence-corrected chi connectivity index (χ2v) is 5.26. The molecule has 0 aliphatic heterocycles. The number of aliphatic hydroxyl groups is 1. The Balaban J connectivity index is 2.12. The fraction of sp³-hybridized carbons (Fsp3) is 0.294. The summed E-state index contributed by atoms with van der Waals surface area (Å²) < 4.78 is 37.4. The third-order valence-corrected chi connectivity index (χ3v) is 3.63. The van der Waals surface area contributed by atoms with Gasteiger partial charge in [0.1, 0.15) is 0 Å². The van der Waals surface area contributed by atoms with Crippen LogP contribution in [0.25, 0.3) is 0 Å². The molecule has 1 unspecified atom stereocenters. The van der Waals surface area contributed by atoms with Gasteiger partial charge in [-0.3, -0.25) is 0 Å². The summed E-state index contributed by atoms with van der Waals surface area (Å²) >= 11 is 0. The van der Waals surface area contributed by atoms with Crippen LogP contribution in [-0.2, 0) is 12.6 Å². The highest BCUT2D eigenvalue weighted by Crippen LogP contribution is 2.30. The molecule has 0 radical (unpaired) electrons. The fourth-order valence-corrected chi connectivity index (χ4v) is 2.14. The van der Waals surface area contributed by atoms with Crippen molar-refractivity contribution in [1.29, 1.82) is 0 Å². The molecule has 0 aliphatic carbocycles. The van der Waals surface area contributed by atoms with Crippen LogP contribution in [0.15, 0.2) is 42.5 Å². The molecule has 2 aromatic carbocycles. The van der Waals surface area contributed by atoms with E-state index in [9.17, 15) is 18.3 Å². The van der Waals surface area contributed by atoms with Crippen molar-refractivity contribution < 1.29 is 18.3 Å². The lowest BCUT2D eigenvalue weighted by molar-refractivity contribution is -0.137. The van der Waals surface area contributed by atoms with Crippen molar-refractivity contribution in [3.8, 4) is 0 Å². The minimum absolute atomic E-state index is 0.292. The molecule has 0 aliphatic rings. The second-order valence-electron chi connectivity index (χ2n) is 5.26.